The van der Waals surface area contributed by atoms with Gasteiger partial charge in [-0.3, -0.25) is 0 Å². The highest BCUT2D eigenvalue weighted by atomic mass is 35.5. The standard InChI is InChI=1S/C11H15ClN2O2S/c1-11(5-6-11)7-14-17(15,16)10-8(12)3-2-4-9(10)13/h2-4,14H,5-7,13H2,1H3. The summed E-state index contributed by atoms with van der Waals surface area (Å²) >= 11 is 5.88. The number of hydrogen-bond donors (Lipinski definition) is 2. The first-order valence-corrected chi connectivity index (χ1v) is 7.24. The molecular weight excluding hydrogens is 260 g/mol. The molecule has 6 heteroatoms. The molecule has 2 rings (SSSR count). The van der Waals surface area contributed by atoms with Crippen molar-refractivity contribution >= 4 is 27.3 Å². The summed E-state index contributed by atoms with van der Waals surface area (Å²) in [6.07, 6.45) is 2.10. The quantitative estimate of drug-likeness (QED) is 0.825. The van der Waals surface area contributed by atoms with Crippen LogP contribution in [0.5, 0.6) is 0 Å². The number of nitrogens with two attached hydrogens (primary N) is 1. The number of sulfonamides is 1. The maximum atomic E-state index is 12.1. The summed E-state index contributed by atoms with van der Waals surface area (Å²) in [6, 6.07) is 4.67. The van der Waals surface area contributed by atoms with Gasteiger partial charge in [0.15, 0.2) is 0 Å². The first kappa shape index (κ1) is 12.7. The molecule has 17 heavy (non-hydrogen) atoms. The molecule has 1 fully saturated rings. The number of nitrogens with one attached hydrogen (secondary N) is 1. The fourth-order valence-corrected chi connectivity index (χ4v) is 3.41. The Bertz CT molecular complexity index is 518. The Labute approximate surface area is 106 Å². The van der Waals surface area contributed by atoms with Crippen molar-refractivity contribution in [3.05, 3.63) is 23.2 Å². The molecule has 0 unspecified atom stereocenters. The van der Waals surface area contributed by atoms with Crippen molar-refractivity contribution in [1.82, 2.24) is 4.72 Å². The third-order valence-corrected chi connectivity index (χ3v) is 5.00. The van der Waals surface area contributed by atoms with Gasteiger partial charge in [0.1, 0.15) is 4.90 Å². The minimum Gasteiger partial charge on any atom is -0.398 e. The molecule has 1 saturated carbocycles. The Morgan fingerprint density at radius 3 is 2.65 bits per heavy atom. The Morgan fingerprint density at radius 1 is 1.47 bits per heavy atom. The Morgan fingerprint density at radius 2 is 2.12 bits per heavy atom. The molecule has 0 amide bonds. The van der Waals surface area contributed by atoms with Crippen molar-refractivity contribution in [2.45, 2.75) is 24.7 Å². The van der Waals surface area contributed by atoms with Crippen LogP contribution in [0, 0.1) is 5.41 Å². The van der Waals surface area contributed by atoms with Crippen molar-refractivity contribution in [3.8, 4) is 0 Å². The van der Waals surface area contributed by atoms with Gasteiger partial charge >= 0.3 is 0 Å². The zero-order chi connectivity index (χ0) is 12.7. The third-order valence-electron chi connectivity index (χ3n) is 3.06. The van der Waals surface area contributed by atoms with Gasteiger partial charge in [-0.05, 0) is 30.4 Å². The van der Waals surface area contributed by atoms with Gasteiger partial charge in [-0.2, -0.15) is 0 Å². The Kier molecular flexibility index (Phi) is 3.10. The average molecular weight is 275 g/mol. The second-order valence-corrected chi connectivity index (χ2v) is 6.90. The largest absolute Gasteiger partial charge is 0.398 e. The topological polar surface area (TPSA) is 72.2 Å². The summed E-state index contributed by atoms with van der Waals surface area (Å²) in [5.74, 6) is 0. The van der Waals surface area contributed by atoms with Gasteiger partial charge in [-0.1, -0.05) is 24.6 Å². The van der Waals surface area contributed by atoms with Gasteiger partial charge < -0.3 is 5.73 Å². The fraction of sp³-hybridized carbons (Fsp3) is 0.455. The van der Waals surface area contributed by atoms with Crippen LogP contribution >= 0.6 is 11.6 Å². The molecule has 1 aliphatic carbocycles. The number of benzene rings is 1. The van der Waals surface area contributed by atoms with Gasteiger partial charge in [-0.25, -0.2) is 13.1 Å². The van der Waals surface area contributed by atoms with Crippen molar-refractivity contribution in [3.63, 3.8) is 0 Å². The Hall–Kier alpha value is -0.780. The van der Waals surface area contributed by atoms with Crippen molar-refractivity contribution in [2.24, 2.45) is 5.41 Å². The minimum absolute atomic E-state index is 0.0223. The maximum Gasteiger partial charge on any atom is 0.244 e. The highest BCUT2D eigenvalue weighted by Crippen LogP contribution is 2.44. The lowest BCUT2D eigenvalue weighted by atomic mass is 10.2. The minimum atomic E-state index is -3.62. The molecule has 1 aromatic rings. The maximum absolute atomic E-state index is 12.1. The summed E-state index contributed by atoms with van der Waals surface area (Å²) in [7, 11) is -3.62. The van der Waals surface area contributed by atoms with Crippen molar-refractivity contribution in [2.75, 3.05) is 12.3 Å². The van der Waals surface area contributed by atoms with Crippen LogP contribution in [0.3, 0.4) is 0 Å². The van der Waals surface area contributed by atoms with Crippen LogP contribution in [0.2, 0.25) is 5.02 Å². The zero-order valence-electron chi connectivity index (χ0n) is 9.53. The first-order valence-electron chi connectivity index (χ1n) is 5.38. The molecule has 0 heterocycles. The third kappa shape index (κ3) is 2.73. The molecule has 1 aromatic carbocycles. The predicted octanol–water partition coefficient (Wildman–Crippen LogP) is 2.00. The van der Waals surface area contributed by atoms with Crippen molar-refractivity contribution < 1.29 is 8.42 Å². The van der Waals surface area contributed by atoms with E-state index < -0.39 is 10.0 Å². The lowest BCUT2D eigenvalue weighted by Gasteiger charge is -2.13. The summed E-state index contributed by atoms with van der Waals surface area (Å²) in [5.41, 5.74) is 5.93. The van der Waals surface area contributed by atoms with Crippen LogP contribution in [0.15, 0.2) is 23.1 Å². The molecule has 0 spiro atoms. The van der Waals surface area contributed by atoms with E-state index in [4.69, 9.17) is 17.3 Å². The first-order chi connectivity index (χ1) is 7.84. The van der Waals surface area contributed by atoms with E-state index in [-0.39, 0.29) is 21.0 Å². The van der Waals surface area contributed by atoms with Crippen LogP contribution in [-0.4, -0.2) is 15.0 Å². The van der Waals surface area contributed by atoms with E-state index in [0.29, 0.717) is 6.54 Å². The molecule has 0 radical (unpaired) electrons. The predicted molar refractivity (Wildman–Crippen MR) is 68.4 cm³/mol. The highest BCUT2D eigenvalue weighted by molar-refractivity contribution is 7.89. The zero-order valence-corrected chi connectivity index (χ0v) is 11.1. The van der Waals surface area contributed by atoms with E-state index in [1.807, 2.05) is 6.92 Å². The highest BCUT2D eigenvalue weighted by Gasteiger charge is 2.38. The molecular formula is C11H15ClN2O2S. The summed E-state index contributed by atoms with van der Waals surface area (Å²) in [5, 5.41) is 0.151. The summed E-state index contributed by atoms with van der Waals surface area (Å²) in [6.45, 7) is 2.48. The van der Waals surface area contributed by atoms with E-state index in [1.54, 1.807) is 6.07 Å². The van der Waals surface area contributed by atoms with Gasteiger partial charge in [0.2, 0.25) is 10.0 Å². The number of hydrogen-bond acceptors (Lipinski definition) is 3. The van der Waals surface area contributed by atoms with Crippen LogP contribution < -0.4 is 10.5 Å². The number of anilines is 1. The van der Waals surface area contributed by atoms with E-state index >= 15 is 0 Å². The van der Waals surface area contributed by atoms with Gasteiger partial charge in [0.05, 0.1) is 10.7 Å². The fourth-order valence-electron chi connectivity index (χ4n) is 1.54. The lowest BCUT2D eigenvalue weighted by molar-refractivity contribution is 0.530. The normalized spacial score (nSPS) is 18.0. The molecule has 0 atom stereocenters. The second kappa shape index (κ2) is 4.15. The summed E-state index contributed by atoms with van der Waals surface area (Å²) < 4.78 is 26.7. The smallest absolute Gasteiger partial charge is 0.244 e. The molecule has 94 valence electrons. The van der Waals surface area contributed by atoms with E-state index in [0.717, 1.165) is 12.8 Å². The molecule has 1 aliphatic rings. The SMILES string of the molecule is CC1(CNS(=O)(=O)c2c(N)cccc2Cl)CC1. The molecule has 3 N–H and O–H groups in total. The Balaban J connectivity index is 2.25. The van der Waals surface area contributed by atoms with Crippen LogP contribution in [0.1, 0.15) is 19.8 Å². The number of nitrogen functional groups attached to an aromatic ring is 1. The number of halogens is 1. The molecule has 0 saturated heterocycles. The molecule has 4 nitrogen and oxygen atoms in total. The van der Waals surface area contributed by atoms with Crippen LogP contribution in [0.25, 0.3) is 0 Å². The molecule has 0 aromatic heterocycles. The monoisotopic (exact) mass is 274 g/mol. The van der Waals surface area contributed by atoms with Crippen molar-refractivity contribution in [1.29, 1.82) is 0 Å². The second-order valence-electron chi connectivity index (χ2n) is 4.79. The van der Waals surface area contributed by atoms with Gasteiger partial charge in [-0.15, -0.1) is 0 Å². The molecule has 0 bridgehead atoms. The van der Waals surface area contributed by atoms with Gasteiger partial charge in [0.25, 0.3) is 0 Å². The molecule has 0 aliphatic heterocycles. The lowest BCUT2D eigenvalue weighted by Crippen LogP contribution is -2.29. The average Bonchev–Trinajstić information content (AvgIpc) is 2.94. The van der Waals surface area contributed by atoms with Crippen LogP contribution in [-0.2, 0) is 10.0 Å². The van der Waals surface area contributed by atoms with E-state index in [9.17, 15) is 8.42 Å². The van der Waals surface area contributed by atoms with Gasteiger partial charge in [0, 0.05) is 6.54 Å². The van der Waals surface area contributed by atoms with Crippen LogP contribution in [0.4, 0.5) is 5.69 Å². The number of rotatable bonds is 4. The summed E-state index contributed by atoms with van der Waals surface area (Å²) in [4.78, 5) is -0.0223. The van der Waals surface area contributed by atoms with E-state index in [2.05, 4.69) is 4.72 Å². The van der Waals surface area contributed by atoms with E-state index in [1.165, 1.54) is 12.1 Å².